The number of allylic oxidation sites excluding steroid dienone is 12. The Morgan fingerprint density at radius 3 is 1.40 bits per heavy atom. The molecule has 342 valence electrons. The maximum Gasteiger partial charge on any atom is 0.335 e. The molecule has 1 fully saturated rings. The number of carbonyl (C=O) groups is 3. The van der Waals surface area contributed by atoms with Crippen LogP contribution in [0.15, 0.2) is 72.9 Å². The molecule has 0 amide bonds. The summed E-state index contributed by atoms with van der Waals surface area (Å²) in [7, 11) is 0. The highest BCUT2D eigenvalue weighted by molar-refractivity contribution is 5.73. The molecule has 1 heterocycles. The Balaban J connectivity index is 2.37. The maximum atomic E-state index is 12.8. The third-order valence-electron chi connectivity index (χ3n) is 10.1. The molecule has 1 rings (SSSR count). The molecule has 0 aliphatic carbocycles. The van der Waals surface area contributed by atoms with Crippen molar-refractivity contribution in [3.63, 3.8) is 0 Å². The van der Waals surface area contributed by atoms with E-state index in [2.05, 4.69) is 86.8 Å². The second-order valence-electron chi connectivity index (χ2n) is 15.5. The van der Waals surface area contributed by atoms with E-state index in [0.29, 0.717) is 12.8 Å². The highest BCUT2D eigenvalue weighted by Gasteiger charge is 2.47. The van der Waals surface area contributed by atoms with Crippen molar-refractivity contribution >= 4 is 17.9 Å². The molecule has 0 aromatic carbocycles. The van der Waals surface area contributed by atoms with Crippen molar-refractivity contribution in [3.8, 4) is 0 Å². The lowest BCUT2D eigenvalue weighted by Gasteiger charge is -2.38. The minimum atomic E-state index is -1.87. The summed E-state index contributed by atoms with van der Waals surface area (Å²) in [5.74, 6) is -2.48. The summed E-state index contributed by atoms with van der Waals surface area (Å²) in [4.78, 5) is 36.9. The highest BCUT2D eigenvalue weighted by atomic mass is 16.7. The molecule has 0 radical (unpaired) electrons. The van der Waals surface area contributed by atoms with Crippen LogP contribution in [-0.4, -0.2) is 88.4 Å². The second-order valence-corrected chi connectivity index (χ2v) is 15.5. The molecule has 0 bridgehead atoms. The smallest absolute Gasteiger partial charge is 0.335 e. The van der Waals surface area contributed by atoms with Crippen LogP contribution in [0.1, 0.15) is 168 Å². The normalized spacial score (nSPS) is 20.4. The number of rotatable bonds is 37. The van der Waals surface area contributed by atoms with Crippen LogP contribution >= 0.6 is 0 Å². The Hall–Kier alpha value is -3.35. The zero-order valence-electron chi connectivity index (χ0n) is 36.9. The number of carboxylic acid groups (broad SMARTS) is 1. The Morgan fingerprint density at radius 2 is 0.933 bits per heavy atom. The molecular formula is C49H80O11. The van der Waals surface area contributed by atoms with E-state index in [-0.39, 0.29) is 19.4 Å². The zero-order valence-corrected chi connectivity index (χ0v) is 36.9. The largest absolute Gasteiger partial charge is 0.479 e. The number of unbranched alkanes of at least 4 members (excludes halogenated alkanes) is 14. The predicted molar refractivity (Wildman–Crippen MR) is 238 cm³/mol. The molecule has 1 saturated heterocycles. The molecule has 11 heteroatoms. The second kappa shape index (κ2) is 38.6. The lowest BCUT2D eigenvalue weighted by Crippen LogP contribution is -2.60. The van der Waals surface area contributed by atoms with Gasteiger partial charge in [0.05, 0.1) is 6.61 Å². The maximum absolute atomic E-state index is 12.8. The fourth-order valence-corrected chi connectivity index (χ4v) is 6.49. The van der Waals surface area contributed by atoms with Gasteiger partial charge in [0.15, 0.2) is 18.5 Å². The molecule has 1 aliphatic heterocycles. The van der Waals surface area contributed by atoms with E-state index in [4.69, 9.17) is 18.9 Å². The van der Waals surface area contributed by atoms with Gasteiger partial charge in [-0.05, 0) is 77.0 Å². The summed E-state index contributed by atoms with van der Waals surface area (Å²) in [5.41, 5.74) is 0. The van der Waals surface area contributed by atoms with Crippen LogP contribution in [0.5, 0.6) is 0 Å². The van der Waals surface area contributed by atoms with E-state index >= 15 is 0 Å². The van der Waals surface area contributed by atoms with Crippen LogP contribution in [0.3, 0.4) is 0 Å². The summed E-state index contributed by atoms with van der Waals surface area (Å²) in [5, 5.41) is 39.8. The number of esters is 2. The van der Waals surface area contributed by atoms with E-state index in [1.54, 1.807) is 0 Å². The third-order valence-corrected chi connectivity index (χ3v) is 10.1. The molecule has 4 N–H and O–H groups in total. The molecule has 0 aromatic heterocycles. The fourth-order valence-electron chi connectivity index (χ4n) is 6.49. The first-order chi connectivity index (χ1) is 29.2. The molecule has 6 unspecified atom stereocenters. The lowest BCUT2D eigenvalue weighted by atomic mass is 9.99. The molecule has 60 heavy (non-hydrogen) atoms. The first-order valence-electron chi connectivity index (χ1n) is 23.0. The van der Waals surface area contributed by atoms with Crippen molar-refractivity contribution in [3.05, 3.63) is 72.9 Å². The number of ether oxygens (including phenoxy) is 4. The molecule has 6 atom stereocenters. The first kappa shape index (κ1) is 54.7. The monoisotopic (exact) mass is 845 g/mol. The van der Waals surface area contributed by atoms with Crippen LogP contribution < -0.4 is 0 Å². The van der Waals surface area contributed by atoms with Gasteiger partial charge in [-0.3, -0.25) is 9.59 Å². The minimum absolute atomic E-state index is 0.166. The Bertz CT molecular complexity index is 1270. The predicted octanol–water partition coefficient (Wildman–Crippen LogP) is 10.1. The molecule has 0 spiro atoms. The number of aliphatic carboxylic acids is 1. The van der Waals surface area contributed by atoms with Crippen molar-refractivity contribution in [1.82, 2.24) is 0 Å². The van der Waals surface area contributed by atoms with Crippen molar-refractivity contribution in [1.29, 1.82) is 0 Å². The van der Waals surface area contributed by atoms with Gasteiger partial charge in [0, 0.05) is 12.8 Å². The molecule has 1 aliphatic rings. The third kappa shape index (κ3) is 29.8. The summed E-state index contributed by atoms with van der Waals surface area (Å²) in [6.45, 7) is 3.57. The fraction of sp³-hybridized carbons (Fsp3) is 0.694. The van der Waals surface area contributed by atoms with Crippen molar-refractivity contribution < 1.29 is 53.8 Å². The van der Waals surface area contributed by atoms with Gasteiger partial charge < -0.3 is 39.4 Å². The molecule has 0 saturated carbocycles. The van der Waals surface area contributed by atoms with Gasteiger partial charge in [0.25, 0.3) is 0 Å². The molecule has 11 nitrogen and oxygen atoms in total. The van der Waals surface area contributed by atoms with E-state index in [1.165, 1.54) is 19.3 Å². The van der Waals surface area contributed by atoms with E-state index in [9.17, 15) is 34.8 Å². The molecule has 0 aromatic rings. The van der Waals surface area contributed by atoms with Crippen molar-refractivity contribution in [2.75, 3.05) is 13.2 Å². The highest BCUT2D eigenvalue weighted by Crippen LogP contribution is 2.23. The van der Waals surface area contributed by atoms with Crippen LogP contribution in [-0.2, 0) is 33.3 Å². The molecular weight excluding hydrogens is 765 g/mol. The van der Waals surface area contributed by atoms with Crippen LogP contribution in [0.2, 0.25) is 0 Å². The number of aliphatic hydroxyl groups is 3. The Labute approximate surface area is 361 Å². The summed E-state index contributed by atoms with van der Waals surface area (Å²) in [6.07, 6.45) is 39.4. The standard InChI is InChI=1S/C49H80O11/c1-3-5-7-9-11-13-15-17-19-21-23-25-27-29-31-33-35-37-42(50)57-39-41(40-58-49-46(54)44(52)45(53)47(60-49)48(55)56)59-43(51)38-36-34-32-30-28-26-24-22-20-18-16-14-12-10-8-6-4-2/h5-8,11-14,17-20,41,44-47,49,52-54H,3-4,9-10,15-16,21-40H2,1-2H3,(H,55,56)/b7-5-,8-6-,13-11-,14-12-,19-17-,20-18-. The van der Waals surface area contributed by atoms with Gasteiger partial charge in [-0.2, -0.15) is 0 Å². The average molecular weight is 845 g/mol. The van der Waals surface area contributed by atoms with Gasteiger partial charge in [0.1, 0.15) is 24.9 Å². The van der Waals surface area contributed by atoms with E-state index < -0.39 is 61.3 Å². The van der Waals surface area contributed by atoms with Crippen LogP contribution in [0, 0.1) is 0 Å². The number of carbonyl (C=O) groups excluding carboxylic acids is 2. The SMILES string of the molecule is CC/C=C\C/C=C\C/C=C\CCCCCCCCCC(=O)OCC(COC1OC(C(=O)O)C(O)C(O)C1O)OC(=O)CCCCCCCCC/C=C\C/C=C\C/C=C\CC. The van der Waals surface area contributed by atoms with Crippen LogP contribution in [0.25, 0.3) is 0 Å². The van der Waals surface area contributed by atoms with Gasteiger partial charge in [-0.15, -0.1) is 0 Å². The van der Waals surface area contributed by atoms with Gasteiger partial charge in [-0.25, -0.2) is 4.79 Å². The minimum Gasteiger partial charge on any atom is -0.479 e. The van der Waals surface area contributed by atoms with Gasteiger partial charge in [0.2, 0.25) is 0 Å². The van der Waals surface area contributed by atoms with Crippen LogP contribution in [0.4, 0.5) is 0 Å². The topological polar surface area (TPSA) is 169 Å². The summed E-state index contributed by atoms with van der Waals surface area (Å²) in [6, 6.07) is 0. The van der Waals surface area contributed by atoms with Gasteiger partial charge in [-0.1, -0.05) is 151 Å². The Kier molecular flexibility index (Phi) is 35.1. The number of hydrogen-bond donors (Lipinski definition) is 4. The zero-order chi connectivity index (χ0) is 43.9. The lowest BCUT2D eigenvalue weighted by molar-refractivity contribution is -0.298. The average Bonchev–Trinajstić information content (AvgIpc) is 3.23. The van der Waals surface area contributed by atoms with E-state index in [1.807, 2.05) is 0 Å². The summed E-state index contributed by atoms with van der Waals surface area (Å²) >= 11 is 0. The number of aliphatic hydroxyl groups excluding tert-OH is 3. The van der Waals surface area contributed by atoms with Crippen molar-refractivity contribution in [2.45, 2.75) is 205 Å². The Morgan fingerprint density at radius 1 is 0.517 bits per heavy atom. The van der Waals surface area contributed by atoms with Gasteiger partial charge >= 0.3 is 17.9 Å². The van der Waals surface area contributed by atoms with E-state index in [0.717, 1.165) is 109 Å². The number of hydrogen-bond acceptors (Lipinski definition) is 10. The summed E-state index contributed by atoms with van der Waals surface area (Å²) < 4.78 is 21.7. The first-order valence-corrected chi connectivity index (χ1v) is 23.0. The number of carboxylic acids is 1. The van der Waals surface area contributed by atoms with Crippen molar-refractivity contribution in [2.24, 2.45) is 0 Å². The quantitative estimate of drug-likeness (QED) is 0.0267.